The van der Waals surface area contributed by atoms with Gasteiger partial charge in [0.25, 0.3) is 0 Å². The second-order valence-corrected chi connectivity index (χ2v) is 4.98. The summed E-state index contributed by atoms with van der Waals surface area (Å²) in [5.74, 6) is 1.49. The lowest BCUT2D eigenvalue weighted by Crippen LogP contribution is -2.07. The molecule has 2 rings (SSSR count). The molecular weight excluding hydrogens is 255 g/mol. The summed E-state index contributed by atoms with van der Waals surface area (Å²) < 4.78 is 13.6. The van der Waals surface area contributed by atoms with Crippen molar-refractivity contribution < 1.29 is 4.39 Å². The Bertz CT molecular complexity index is 611. The Morgan fingerprint density at radius 1 is 1.15 bits per heavy atom. The smallest absolute Gasteiger partial charge is 0.139 e. The van der Waals surface area contributed by atoms with Gasteiger partial charge >= 0.3 is 0 Å². The number of rotatable bonds is 4. The fraction of sp³-hybridized carbons (Fsp3) is 0.333. The van der Waals surface area contributed by atoms with Crippen LogP contribution in [0.4, 0.5) is 21.7 Å². The second-order valence-electron chi connectivity index (χ2n) is 4.98. The van der Waals surface area contributed by atoms with Crippen molar-refractivity contribution in [1.29, 1.82) is 0 Å². The molecule has 0 aliphatic heterocycles. The largest absolute Gasteiger partial charge is 0.373 e. The number of nitrogens with zero attached hydrogens (tertiary/aromatic N) is 2. The van der Waals surface area contributed by atoms with Crippen molar-refractivity contribution >= 4 is 17.3 Å². The monoisotopic (exact) mass is 274 g/mol. The maximum Gasteiger partial charge on any atom is 0.139 e. The topological polar surface area (TPSA) is 49.8 Å². The molecule has 20 heavy (non-hydrogen) atoms. The van der Waals surface area contributed by atoms with Gasteiger partial charge in [-0.3, -0.25) is 0 Å². The number of anilines is 3. The molecule has 1 aromatic heterocycles. The molecule has 0 atom stereocenters. The van der Waals surface area contributed by atoms with Crippen LogP contribution in [0.1, 0.15) is 30.9 Å². The van der Waals surface area contributed by atoms with Gasteiger partial charge in [-0.2, -0.15) is 0 Å². The first-order valence-electron chi connectivity index (χ1n) is 6.58. The molecule has 0 saturated heterocycles. The molecule has 0 bridgehead atoms. The Hall–Kier alpha value is -2.17. The molecule has 2 aromatic rings. The van der Waals surface area contributed by atoms with Crippen molar-refractivity contribution in [2.75, 3.05) is 17.7 Å². The standard InChI is InChI=1S/C15H19FN4/c1-9(2)13-14(17-4)18-8-19-15(13)20-11-6-5-10(3)12(16)7-11/h5-9H,1-4H3,(H2,17,18,19,20). The Labute approximate surface area is 118 Å². The van der Waals surface area contributed by atoms with E-state index in [2.05, 4.69) is 34.4 Å². The molecule has 4 nitrogen and oxygen atoms in total. The first-order chi connectivity index (χ1) is 9.52. The molecule has 0 unspecified atom stereocenters. The van der Waals surface area contributed by atoms with Crippen molar-refractivity contribution in [3.8, 4) is 0 Å². The summed E-state index contributed by atoms with van der Waals surface area (Å²) in [4.78, 5) is 8.49. The summed E-state index contributed by atoms with van der Waals surface area (Å²) in [5, 5.41) is 6.22. The van der Waals surface area contributed by atoms with Gasteiger partial charge in [-0.05, 0) is 30.5 Å². The van der Waals surface area contributed by atoms with Gasteiger partial charge < -0.3 is 10.6 Å². The molecule has 2 N–H and O–H groups in total. The number of nitrogens with one attached hydrogen (secondary N) is 2. The maximum atomic E-state index is 13.6. The Morgan fingerprint density at radius 2 is 1.85 bits per heavy atom. The van der Waals surface area contributed by atoms with E-state index >= 15 is 0 Å². The number of halogens is 1. The molecule has 5 heteroatoms. The molecular formula is C15H19FN4. The van der Waals surface area contributed by atoms with Gasteiger partial charge in [-0.15, -0.1) is 0 Å². The van der Waals surface area contributed by atoms with Crippen molar-refractivity contribution in [2.45, 2.75) is 26.7 Å². The highest BCUT2D eigenvalue weighted by Gasteiger charge is 2.14. The van der Waals surface area contributed by atoms with Crippen LogP contribution in [0.15, 0.2) is 24.5 Å². The van der Waals surface area contributed by atoms with Crippen LogP contribution in [0.25, 0.3) is 0 Å². The van der Waals surface area contributed by atoms with E-state index in [1.807, 2.05) is 13.1 Å². The zero-order valence-corrected chi connectivity index (χ0v) is 12.2. The molecule has 0 aliphatic rings. The number of aromatic nitrogens is 2. The maximum absolute atomic E-state index is 13.6. The second kappa shape index (κ2) is 5.86. The Kier molecular flexibility index (Phi) is 4.17. The van der Waals surface area contributed by atoms with Crippen LogP contribution in [0.3, 0.4) is 0 Å². The zero-order chi connectivity index (χ0) is 14.7. The minimum absolute atomic E-state index is 0.232. The summed E-state index contributed by atoms with van der Waals surface area (Å²) >= 11 is 0. The first-order valence-corrected chi connectivity index (χ1v) is 6.58. The summed E-state index contributed by atoms with van der Waals surface area (Å²) in [5.41, 5.74) is 2.28. The van der Waals surface area contributed by atoms with E-state index in [9.17, 15) is 4.39 Å². The number of hydrogen-bond donors (Lipinski definition) is 2. The van der Waals surface area contributed by atoms with E-state index < -0.39 is 0 Å². The Balaban J connectivity index is 2.40. The van der Waals surface area contributed by atoms with E-state index in [0.29, 0.717) is 17.1 Å². The van der Waals surface area contributed by atoms with Crippen LogP contribution < -0.4 is 10.6 Å². The molecule has 0 radical (unpaired) electrons. The van der Waals surface area contributed by atoms with E-state index in [-0.39, 0.29) is 11.7 Å². The summed E-state index contributed by atoms with van der Waals surface area (Å²) in [7, 11) is 1.82. The van der Waals surface area contributed by atoms with Crippen molar-refractivity contribution in [3.63, 3.8) is 0 Å². The lowest BCUT2D eigenvalue weighted by molar-refractivity contribution is 0.619. The van der Waals surface area contributed by atoms with Gasteiger partial charge in [-0.1, -0.05) is 19.9 Å². The third-order valence-corrected chi connectivity index (χ3v) is 3.13. The van der Waals surface area contributed by atoms with Gasteiger partial charge in [0.2, 0.25) is 0 Å². The number of benzene rings is 1. The average molecular weight is 274 g/mol. The van der Waals surface area contributed by atoms with Crippen LogP contribution in [0, 0.1) is 12.7 Å². The SMILES string of the molecule is CNc1ncnc(Nc2ccc(C)c(F)c2)c1C(C)C. The van der Waals surface area contributed by atoms with Gasteiger partial charge in [-0.25, -0.2) is 14.4 Å². The molecule has 0 aliphatic carbocycles. The number of aryl methyl sites for hydroxylation is 1. The van der Waals surface area contributed by atoms with E-state index in [0.717, 1.165) is 11.4 Å². The molecule has 0 fully saturated rings. The van der Waals surface area contributed by atoms with Gasteiger partial charge in [0.05, 0.1) is 0 Å². The van der Waals surface area contributed by atoms with Crippen molar-refractivity contribution in [3.05, 3.63) is 41.5 Å². The predicted octanol–water partition coefficient (Wildman–Crippen LogP) is 3.83. The third kappa shape index (κ3) is 2.87. The lowest BCUT2D eigenvalue weighted by atomic mass is 10.0. The van der Waals surface area contributed by atoms with Gasteiger partial charge in [0.15, 0.2) is 0 Å². The summed E-state index contributed by atoms with van der Waals surface area (Å²) in [6.45, 7) is 5.88. The summed E-state index contributed by atoms with van der Waals surface area (Å²) in [6, 6.07) is 5.05. The summed E-state index contributed by atoms with van der Waals surface area (Å²) in [6.07, 6.45) is 1.49. The first kappa shape index (κ1) is 14.2. The lowest BCUT2D eigenvalue weighted by Gasteiger charge is -2.16. The quantitative estimate of drug-likeness (QED) is 0.889. The highest BCUT2D eigenvalue weighted by atomic mass is 19.1. The van der Waals surface area contributed by atoms with E-state index in [1.54, 1.807) is 13.0 Å². The fourth-order valence-electron chi connectivity index (χ4n) is 2.05. The van der Waals surface area contributed by atoms with E-state index in [4.69, 9.17) is 0 Å². The third-order valence-electron chi connectivity index (χ3n) is 3.13. The molecule has 0 saturated carbocycles. The number of hydrogen-bond acceptors (Lipinski definition) is 4. The van der Waals surface area contributed by atoms with Crippen molar-refractivity contribution in [2.24, 2.45) is 0 Å². The molecule has 0 spiro atoms. The van der Waals surface area contributed by atoms with Crippen LogP contribution in [-0.2, 0) is 0 Å². The van der Waals surface area contributed by atoms with Crippen LogP contribution in [-0.4, -0.2) is 17.0 Å². The van der Waals surface area contributed by atoms with E-state index in [1.165, 1.54) is 12.4 Å². The molecule has 106 valence electrons. The van der Waals surface area contributed by atoms with Crippen LogP contribution in [0.5, 0.6) is 0 Å². The minimum atomic E-state index is -0.232. The normalized spacial score (nSPS) is 10.7. The minimum Gasteiger partial charge on any atom is -0.373 e. The fourth-order valence-corrected chi connectivity index (χ4v) is 2.05. The zero-order valence-electron chi connectivity index (χ0n) is 12.2. The van der Waals surface area contributed by atoms with Crippen LogP contribution in [0.2, 0.25) is 0 Å². The Morgan fingerprint density at radius 3 is 2.45 bits per heavy atom. The average Bonchev–Trinajstić information content (AvgIpc) is 2.42. The highest BCUT2D eigenvalue weighted by Crippen LogP contribution is 2.30. The van der Waals surface area contributed by atoms with Crippen molar-refractivity contribution in [1.82, 2.24) is 9.97 Å². The van der Waals surface area contributed by atoms with Crippen LogP contribution >= 0.6 is 0 Å². The molecule has 1 aromatic carbocycles. The predicted molar refractivity (Wildman–Crippen MR) is 80.1 cm³/mol. The molecule has 0 amide bonds. The molecule has 1 heterocycles. The van der Waals surface area contributed by atoms with Gasteiger partial charge in [0, 0.05) is 18.3 Å². The highest BCUT2D eigenvalue weighted by molar-refractivity contribution is 5.65. The van der Waals surface area contributed by atoms with Gasteiger partial charge in [0.1, 0.15) is 23.8 Å².